The SMILES string of the molecule is Cn1nc(NS(=O)(=O)c2cnc(Cl)n2C)cc1C(F)(F)F. The smallest absolute Gasteiger partial charge is 0.307 e. The molecule has 2 aromatic rings. The maximum absolute atomic E-state index is 12.6. The van der Waals surface area contributed by atoms with Crippen molar-refractivity contribution in [2.24, 2.45) is 14.1 Å². The number of anilines is 1. The third-order valence-electron chi connectivity index (χ3n) is 2.57. The zero-order chi connectivity index (χ0) is 16.0. The number of imidazole rings is 1. The zero-order valence-corrected chi connectivity index (χ0v) is 12.3. The number of nitrogens with zero attached hydrogens (tertiary/aromatic N) is 4. The van der Waals surface area contributed by atoms with Gasteiger partial charge in [0.15, 0.2) is 10.8 Å². The Morgan fingerprint density at radius 2 is 1.95 bits per heavy atom. The van der Waals surface area contributed by atoms with Crippen molar-refractivity contribution in [1.29, 1.82) is 0 Å². The van der Waals surface area contributed by atoms with E-state index in [1.54, 1.807) is 0 Å². The number of alkyl halides is 3. The molecule has 0 aliphatic carbocycles. The number of hydrogen-bond acceptors (Lipinski definition) is 4. The lowest BCUT2D eigenvalue weighted by atomic mass is 10.4. The van der Waals surface area contributed by atoms with Gasteiger partial charge in [0.05, 0.1) is 6.20 Å². The van der Waals surface area contributed by atoms with Gasteiger partial charge in [-0.2, -0.15) is 26.7 Å². The van der Waals surface area contributed by atoms with Gasteiger partial charge in [-0.05, 0) is 11.6 Å². The normalized spacial score (nSPS) is 12.7. The molecule has 0 fully saturated rings. The van der Waals surface area contributed by atoms with E-state index in [2.05, 4.69) is 10.1 Å². The molecule has 0 atom stereocenters. The molecule has 0 spiro atoms. The Labute approximate surface area is 122 Å². The first-order valence-corrected chi connectivity index (χ1v) is 7.20. The first-order valence-electron chi connectivity index (χ1n) is 5.33. The van der Waals surface area contributed by atoms with E-state index in [9.17, 15) is 21.6 Å². The molecule has 0 aliphatic heterocycles. The zero-order valence-electron chi connectivity index (χ0n) is 10.7. The van der Waals surface area contributed by atoms with Crippen LogP contribution in [0.25, 0.3) is 0 Å². The largest absolute Gasteiger partial charge is 0.433 e. The monoisotopic (exact) mass is 343 g/mol. The standard InChI is InChI=1S/C9H9ClF3N5O2S/c1-17-7(4-14-8(17)10)21(19,20)16-6-3-5(9(11,12)13)18(2)15-6/h3-4H,1-2H3,(H,15,16). The van der Waals surface area contributed by atoms with Crippen LogP contribution in [-0.2, 0) is 30.3 Å². The Hall–Kier alpha value is -1.75. The number of sulfonamides is 1. The predicted octanol–water partition coefficient (Wildman–Crippen LogP) is 1.63. The number of aryl methyl sites for hydroxylation is 1. The van der Waals surface area contributed by atoms with E-state index >= 15 is 0 Å². The van der Waals surface area contributed by atoms with Crippen LogP contribution in [0.2, 0.25) is 5.28 Å². The third-order valence-corrected chi connectivity index (χ3v) is 4.33. The molecule has 12 heteroatoms. The van der Waals surface area contributed by atoms with Gasteiger partial charge in [-0.25, -0.2) is 4.98 Å². The van der Waals surface area contributed by atoms with E-state index in [0.29, 0.717) is 10.7 Å². The van der Waals surface area contributed by atoms with Crippen molar-refractivity contribution in [3.05, 3.63) is 23.2 Å². The number of hydrogen-bond donors (Lipinski definition) is 1. The van der Waals surface area contributed by atoms with Gasteiger partial charge in [0, 0.05) is 20.2 Å². The molecule has 1 N–H and O–H groups in total. The number of aromatic nitrogens is 4. The van der Waals surface area contributed by atoms with Gasteiger partial charge in [-0.3, -0.25) is 9.40 Å². The summed E-state index contributed by atoms with van der Waals surface area (Å²) in [5, 5.41) is 3.09. The van der Waals surface area contributed by atoms with Crippen molar-refractivity contribution in [2.75, 3.05) is 4.72 Å². The third kappa shape index (κ3) is 2.97. The lowest BCUT2D eigenvalue weighted by molar-refractivity contribution is -0.143. The summed E-state index contributed by atoms with van der Waals surface area (Å²) in [5.74, 6) is -0.456. The fraction of sp³-hybridized carbons (Fsp3) is 0.333. The van der Waals surface area contributed by atoms with Gasteiger partial charge in [0.2, 0.25) is 5.28 Å². The maximum Gasteiger partial charge on any atom is 0.433 e. The van der Waals surface area contributed by atoms with E-state index in [1.807, 2.05) is 4.72 Å². The summed E-state index contributed by atoms with van der Waals surface area (Å²) in [6, 6.07) is 0.593. The second kappa shape index (κ2) is 4.91. The second-order valence-corrected chi connectivity index (χ2v) is 6.03. The number of rotatable bonds is 3. The summed E-state index contributed by atoms with van der Waals surface area (Å²) in [4.78, 5) is 3.59. The van der Waals surface area contributed by atoms with Crippen molar-refractivity contribution >= 4 is 27.4 Å². The van der Waals surface area contributed by atoms with Crippen LogP contribution in [-0.4, -0.2) is 27.7 Å². The van der Waals surface area contributed by atoms with Crippen molar-refractivity contribution in [3.8, 4) is 0 Å². The minimum absolute atomic E-state index is 0.0765. The Morgan fingerprint density at radius 1 is 1.33 bits per heavy atom. The van der Waals surface area contributed by atoms with Crippen LogP contribution in [0.1, 0.15) is 5.69 Å². The molecule has 2 rings (SSSR count). The molecule has 0 saturated heterocycles. The van der Waals surface area contributed by atoms with Crippen LogP contribution in [0.5, 0.6) is 0 Å². The molecule has 116 valence electrons. The van der Waals surface area contributed by atoms with Gasteiger partial charge >= 0.3 is 6.18 Å². The van der Waals surface area contributed by atoms with Gasteiger partial charge in [0.1, 0.15) is 5.69 Å². The van der Waals surface area contributed by atoms with Crippen LogP contribution < -0.4 is 4.72 Å². The first-order chi connectivity index (χ1) is 9.52. The summed E-state index contributed by atoms with van der Waals surface area (Å²) >= 11 is 5.62. The van der Waals surface area contributed by atoms with Crippen molar-refractivity contribution in [1.82, 2.24) is 19.3 Å². The predicted molar refractivity (Wildman–Crippen MR) is 67.2 cm³/mol. The molecule has 7 nitrogen and oxygen atoms in total. The Balaban J connectivity index is 2.36. The Bertz CT molecular complexity index is 780. The quantitative estimate of drug-likeness (QED) is 0.918. The molecule has 2 heterocycles. The molecule has 0 saturated carbocycles. The summed E-state index contributed by atoms with van der Waals surface area (Å²) in [7, 11) is -1.74. The highest BCUT2D eigenvalue weighted by atomic mass is 35.5. The summed E-state index contributed by atoms with van der Waals surface area (Å²) in [5.41, 5.74) is -1.08. The van der Waals surface area contributed by atoms with Crippen LogP contribution in [0.15, 0.2) is 17.3 Å². The van der Waals surface area contributed by atoms with Crippen molar-refractivity contribution < 1.29 is 21.6 Å². The molecule has 0 bridgehead atoms. The molecule has 0 aliphatic rings. The molecule has 0 radical (unpaired) electrons. The van der Waals surface area contributed by atoms with E-state index in [1.165, 1.54) is 7.05 Å². The van der Waals surface area contributed by atoms with Crippen molar-refractivity contribution in [3.63, 3.8) is 0 Å². The van der Waals surface area contributed by atoms with Crippen LogP contribution in [0.3, 0.4) is 0 Å². The molecular weight excluding hydrogens is 335 g/mol. The van der Waals surface area contributed by atoms with Crippen LogP contribution in [0, 0.1) is 0 Å². The molecule has 0 aromatic carbocycles. The first kappa shape index (κ1) is 15.6. The van der Waals surface area contributed by atoms with E-state index in [4.69, 9.17) is 11.6 Å². The average Bonchev–Trinajstić information content (AvgIpc) is 2.83. The molecule has 21 heavy (non-hydrogen) atoms. The number of halogens is 4. The molecule has 0 unspecified atom stereocenters. The number of nitrogens with one attached hydrogen (secondary N) is 1. The van der Waals surface area contributed by atoms with E-state index in [0.717, 1.165) is 17.8 Å². The summed E-state index contributed by atoms with van der Waals surface area (Å²) in [6.07, 6.45) is -3.65. The highest BCUT2D eigenvalue weighted by Gasteiger charge is 2.35. The minimum Gasteiger partial charge on any atom is -0.307 e. The highest BCUT2D eigenvalue weighted by Crippen LogP contribution is 2.30. The second-order valence-electron chi connectivity index (χ2n) is 4.07. The lowest BCUT2D eigenvalue weighted by Crippen LogP contribution is -2.16. The summed E-state index contributed by atoms with van der Waals surface area (Å²) in [6.45, 7) is 0. The highest BCUT2D eigenvalue weighted by molar-refractivity contribution is 7.92. The topological polar surface area (TPSA) is 81.8 Å². The Morgan fingerprint density at radius 3 is 2.38 bits per heavy atom. The maximum atomic E-state index is 12.6. The van der Waals surface area contributed by atoms with Gasteiger partial charge in [-0.1, -0.05) is 0 Å². The fourth-order valence-electron chi connectivity index (χ4n) is 1.59. The molecule has 0 amide bonds. The average molecular weight is 344 g/mol. The Kier molecular flexibility index (Phi) is 3.66. The fourth-order valence-corrected chi connectivity index (χ4v) is 2.90. The van der Waals surface area contributed by atoms with Gasteiger partial charge in [-0.15, -0.1) is 0 Å². The van der Waals surface area contributed by atoms with Gasteiger partial charge in [0.25, 0.3) is 10.0 Å². The summed E-state index contributed by atoms with van der Waals surface area (Å²) < 4.78 is 65.5. The van der Waals surface area contributed by atoms with E-state index in [-0.39, 0.29) is 10.3 Å². The molecular formula is C9H9ClF3N5O2S. The van der Waals surface area contributed by atoms with Crippen molar-refractivity contribution in [2.45, 2.75) is 11.2 Å². The van der Waals surface area contributed by atoms with Gasteiger partial charge < -0.3 is 4.57 Å². The van der Waals surface area contributed by atoms with Crippen LogP contribution in [0.4, 0.5) is 19.0 Å². The lowest BCUT2D eigenvalue weighted by Gasteiger charge is -2.05. The molecule has 2 aromatic heterocycles. The minimum atomic E-state index is -4.64. The van der Waals surface area contributed by atoms with E-state index < -0.39 is 27.7 Å². The van der Waals surface area contributed by atoms with Crippen LogP contribution >= 0.6 is 11.6 Å².